The zero-order valence-corrected chi connectivity index (χ0v) is 11.5. The van der Waals surface area contributed by atoms with Crippen LogP contribution in [0.1, 0.15) is 29.7 Å². The Bertz CT molecular complexity index is 571. The van der Waals surface area contributed by atoms with E-state index in [9.17, 15) is 0 Å². The fourth-order valence-corrected chi connectivity index (χ4v) is 3.15. The van der Waals surface area contributed by atoms with Crippen LogP contribution in [0.5, 0.6) is 0 Å². The highest BCUT2D eigenvalue weighted by Crippen LogP contribution is 2.30. The number of nitrogens with two attached hydrogens (primary N) is 1. The summed E-state index contributed by atoms with van der Waals surface area (Å²) < 4.78 is 0. The molecule has 0 saturated carbocycles. The number of hydrogen-bond donors (Lipinski definition) is 1. The van der Waals surface area contributed by atoms with Crippen LogP contribution in [0.25, 0.3) is 0 Å². The predicted octanol–water partition coefficient (Wildman–Crippen LogP) is 2.36. The van der Waals surface area contributed by atoms with Crippen LogP contribution in [0.3, 0.4) is 0 Å². The molecule has 0 fully saturated rings. The minimum absolute atomic E-state index is 0.509. The third-order valence-corrected chi connectivity index (χ3v) is 4.23. The molecule has 98 valence electrons. The first-order valence-electron chi connectivity index (χ1n) is 6.53. The Balaban J connectivity index is 1.95. The molecule has 0 aliphatic heterocycles. The zero-order chi connectivity index (χ0) is 13.1. The molecule has 0 aromatic carbocycles. The minimum Gasteiger partial charge on any atom is -0.326 e. The Hall–Kier alpha value is -1.46. The van der Waals surface area contributed by atoms with Crippen molar-refractivity contribution in [1.82, 2.24) is 15.0 Å². The third-order valence-electron chi connectivity index (χ3n) is 3.29. The Morgan fingerprint density at radius 3 is 2.74 bits per heavy atom. The summed E-state index contributed by atoms with van der Waals surface area (Å²) in [6.07, 6.45) is 8.18. The number of pyridine rings is 1. The SMILES string of the molecule is NCc1cc2c(nc1Sc1ncccn1)CCCC2. The lowest BCUT2D eigenvalue weighted by Gasteiger charge is -2.17. The molecule has 2 aromatic heterocycles. The molecular weight excluding hydrogens is 256 g/mol. The van der Waals surface area contributed by atoms with Crippen molar-refractivity contribution in [3.05, 3.63) is 41.3 Å². The van der Waals surface area contributed by atoms with Crippen LogP contribution in [0, 0.1) is 0 Å². The van der Waals surface area contributed by atoms with E-state index < -0.39 is 0 Å². The van der Waals surface area contributed by atoms with Gasteiger partial charge in [-0.3, -0.25) is 0 Å². The number of aromatic nitrogens is 3. The van der Waals surface area contributed by atoms with Crippen molar-refractivity contribution >= 4 is 11.8 Å². The van der Waals surface area contributed by atoms with Crippen molar-refractivity contribution in [3.8, 4) is 0 Å². The van der Waals surface area contributed by atoms with E-state index in [0.717, 1.165) is 28.6 Å². The van der Waals surface area contributed by atoms with Gasteiger partial charge in [0.2, 0.25) is 0 Å². The fourth-order valence-electron chi connectivity index (χ4n) is 2.32. The van der Waals surface area contributed by atoms with E-state index in [1.165, 1.54) is 35.9 Å². The molecule has 0 amide bonds. The maximum atomic E-state index is 5.84. The number of rotatable bonds is 3. The van der Waals surface area contributed by atoms with Gasteiger partial charge in [0.25, 0.3) is 0 Å². The summed E-state index contributed by atoms with van der Waals surface area (Å²) in [5.74, 6) is 0. The molecule has 2 N–H and O–H groups in total. The zero-order valence-electron chi connectivity index (χ0n) is 10.7. The second-order valence-electron chi connectivity index (χ2n) is 4.60. The summed E-state index contributed by atoms with van der Waals surface area (Å²) in [6, 6.07) is 4.03. The molecule has 0 spiro atoms. The molecule has 5 heteroatoms. The highest BCUT2D eigenvalue weighted by Gasteiger charge is 2.15. The predicted molar refractivity (Wildman–Crippen MR) is 74.9 cm³/mol. The van der Waals surface area contributed by atoms with E-state index >= 15 is 0 Å². The van der Waals surface area contributed by atoms with Crippen molar-refractivity contribution in [1.29, 1.82) is 0 Å². The number of fused-ring (bicyclic) bond motifs is 1. The molecule has 0 bridgehead atoms. The minimum atomic E-state index is 0.509. The van der Waals surface area contributed by atoms with E-state index in [1.807, 2.05) is 6.07 Å². The monoisotopic (exact) mass is 272 g/mol. The lowest BCUT2D eigenvalue weighted by atomic mass is 9.95. The van der Waals surface area contributed by atoms with Crippen molar-refractivity contribution in [3.63, 3.8) is 0 Å². The number of hydrogen-bond acceptors (Lipinski definition) is 5. The van der Waals surface area contributed by atoms with E-state index in [0.29, 0.717) is 6.54 Å². The van der Waals surface area contributed by atoms with Crippen LogP contribution in [-0.2, 0) is 19.4 Å². The number of aryl methyl sites for hydroxylation is 2. The van der Waals surface area contributed by atoms with Crippen LogP contribution in [0.4, 0.5) is 0 Å². The lowest BCUT2D eigenvalue weighted by Crippen LogP contribution is -2.10. The van der Waals surface area contributed by atoms with Gasteiger partial charge in [0.1, 0.15) is 5.03 Å². The smallest absolute Gasteiger partial charge is 0.193 e. The molecule has 2 aromatic rings. The van der Waals surface area contributed by atoms with Crippen molar-refractivity contribution in [2.75, 3.05) is 0 Å². The van der Waals surface area contributed by atoms with E-state index in [4.69, 9.17) is 10.7 Å². The molecule has 4 nitrogen and oxygen atoms in total. The van der Waals surface area contributed by atoms with Crippen LogP contribution >= 0.6 is 11.8 Å². The summed E-state index contributed by atoms with van der Waals surface area (Å²) in [6.45, 7) is 0.509. The molecular formula is C14H16N4S. The van der Waals surface area contributed by atoms with Gasteiger partial charge in [-0.15, -0.1) is 0 Å². The van der Waals surface area contributed by atoms with Gasteiger partial charge in [-0.2, -0.15) is 0 Å². The van der Waals surface area contributed by atoms with Gasteiger partial charge in [0, 0.05) is 24.6 Å². The van der Waals surface area contributed by atoms with E-state index in [2.05, 4.69) is 16.0 Å². The largest absolute Gasteiger partial charge is 0.326 e. The van der Waals surface area contributed by atoms with Gasteiger partial charge in [0.15, 0.2) is 5.16 Å². The molecule has 2 heterocycles. The van der Waals surface area contributed by atoms with E-state index in [-0.39, 0.29) is 0 Å². The molecule has 1 aliphatic carbocycles. The maximum absolute atomic E-state index is 5.84. The van der Waals surface area contributed by atoms with Crippen LogP contribution < -0.4 is 5.73 Å². The van der Waals surface area contributed by atoms with Gasteiger partial charge in [-0.1, -0.05) is 6.07 Å². The topological polar surface area (TPSA) is 64.7 Å². The molecule has 19 heavy (non-hydrogen) atoms. The van der Waals surface area contributed by atoms with Crippen LogP contribution in [0.15, 0.2) is 34.7 Å². The summed E-state index contributed by atoms with van der Waals surface area (Å²) in [5.41, 5.74) is 9.53. The van der Waals surface area contributed by atoms with Gasteiger partial charge in [-0.05, 0) is 54.6 Å². The van der Waals surface area contributed by atoms with Crippen LogP contribution in [-0.4, -0.2) is 15.0 Å². The van der Waals surface area contributed by atoms with Gasteiger partial charge in [0.05, 0.1) is 0 Å². The highest BCUT2D eigenvalue weighted by atomic mass is 32.2. The molecule has 3 rings (SSSR count). The summed E-state index contributed by atoms with van der Waals surface area (Å²) >= 11 is 1.50. The standard InChI is InChI=1S/C14H16N4S/c15-9-11-8-10-4-1-2-5-12(10)18-13(11)19-14-16-6-3-7-17-14/h3,6-8H,1-2,4-5,9,15H2. The van der Waals surface area contributed by atoms with Crippen LogP contribution in [0.2, 0.25) is 0 Å². The normalized spacial score (nSPS) is 14.2. The molecule has 0 atom stereocenters. The quantitative estimate of drug-likeness (QED) is 0.869. The second kappa shape index (κ2) is 5.67. The third kappa shape index (κ3) is 2.77. The van der Waals surface area contributed by atoms with Gasteiger partial charge >= 0.3 is 0 Å². The lowest BCUT2D eigenvalue weighted by molar-refractivity contribution is 0.656. The second-order valence-corrected chi connectivity index (χ2v) is 5.56. The fraction of sp³-hybridized carbons (Fsp3) is 0.357. The van der Waals surface area contributed by atoms with Gasteiger partial charge in [-0.25, -0.2) is 15.0 Å². The average Bonchev–Trinajstić information content (AvgIpc) is 2.47. The first-order chi connectivity index (χ1) is 9.36. The molecule has 0 saturated heterocycles. The Labute approximate surface area is 116 Å². The first-order valence-corrected chi connectivity index (χ1v) is 7.35. The van der Waals surface area contributed by atoms with Gasteiger partial charge < -0.3 is 5.73 Å². The first kappa shape index (κ1) is 12.6. The number of nitrogens with zero attached hydrogens (tertiary/aromatic N) is 3. The molecule has 0 radical (unpaired) electrons. The van der Waals surface area contributed by atoms with Crippen molar-refractivity contribution in [2.24, 2.45) is 5.73 Å². The summed E-state index contributed by atoms with van der Waals surface area (Å²) in [4.78, 5) is 13.2. The average molecular weight is 272 g/mol. The summed E-state index contributed by atoms with van der Waals surface area (Å²) in [7, 11) is 0. The Morgan fingerprint density at radius 1 is 1.16 bits per heavy atom. The van der Waals surface area contributed by atoms with E-state index in [1.54, 1.807) is 12.4 Å². The highest BCUT2D eigenvalue weighted by molar-refractivity contribution is 7.99. The Kier molecular flexibility index (Phi) is 3.75. The van der Waals surface area contributed by atoms with Crippen molar-refractivity contribution < 1.29 is 0 Å². The molecule has 0 unspecified atom stereocenters. The summed E-state index contributed by atoms with van der Waals surface area (Å²) in [5, 5.41) is 1.68. The molecule has 1 aliphatic rings. The Morgan fingerprint density at radius 2 is 1.95 bits per heavy atom. The van der Waals surface area contributed by atoms with Crippen molar-refractivity contribution in [2.45, 2.75) is 42.4 Å². The maximum Gasteiger partial charge on any atom is 0.193 e.